The van der Waals surface area contributed by atoms with Gasteiger partial charge in [0.2, 0.25) is 0 Å². The van der Waals surface area contributed by atoms with Crippen LogP contribution >= 0.6 is 23.2 Å². The second-order valence-electron chi connectivity index (χ2n) is 4.58. The molecule has 0 saturated carbocycles. The van der Waals surface area contributed by atoms with Crippen molar-refractivity contribution in [2.75, 3.05) is 19.5 Å². The van der Waals surface area contributed by atoms with E-state index in [4.69, 9.17) is 38.1 Å². The number of nitrogens with one attached hydrogen (secondary N) is 2. The fourth-order valence-corrected chi connectivity index (χ4v) is 2.36. The molecule has 0 saturated heterocycles. The lowest BCUT2D eigenvalue weighted by molar-refractivity contribution is 0.355. The number of methoxy groups -OCH3 is 2. The molecule has 0 amide bonds. The highest BCUT2D eigenvalue weighted by Gasteiger charge is 2.11. The minimum atomic E-state index is 0.221. The van der Waals surface area contributed by atoms with Gasteiger partial charge in [-0.25, -0.2) is 0 Å². The van der Waals surface area contributed by atoms with E-state index in [1.54, 1.807) is 55.7 Å². The number of benzene rings is 2. The number of halogens is 2. The van der Waals surface area contributed by atoms with Crippen LogP contribution in [0.2, 0.25) is 10.0 Å². The third-order valence-corrected chi connectivity index (χ3v) is 3.71. The van der Waals surface area contributed by atoms with E-state index in [0.29, 0.717) is 21.5 Å². The molecule has 0 heterocycles. The summed E-state index contributed by atoms with van der Waals surface area (Å²) in [5.74, 6) is 1.25. The van der Waals surface area contributed by atoms with E-state index >= 15 is 0 Å². The highest BCUT2D eigenvalue weighted by atomic mass is 35.5. The highest BCUT2D eigenvalue weighted by molar-refractivity contribution is 6.34. The molecule has 0 atom stereocenters. The SMILES string of the molecule is COc1ccc(/C=C/C(=N)Nc2ccc(Cl)cc2)c(Cl)c1OC. The first-order valence-electron chi connectivity index (χ1n) is 6.75. The minimum Gasteiger partial charge on any atom is -0.493 e. The quantitative estimate of drug-likeness (QED) is 0.581. The zero-order chi connectivity index (χ0) is 16.8. The van der Waals surface area contributed by atoms with Crippen LogP contribution in [0, 0.1) is 5.41 Å². The molecule has 2 rings (SSSR count). The van der Waals surface area contributed by atoms with Crippen LogP contribution in [0.3, 0.4) is 0 Å². The van der Waals surface area contributed by atoms with Crippen LogP contribution in [0.4, 0.5) is 5.69 Å². The Morgan fingerprint density at radius 1 is 1.04 bits per heavy atom. The topological polar surface area (TPSA) is 54.3 Å². The van der Waals surface area contributed by atoms with Crippen molar-refractivity contribution >= 4 is 40.8 Å². The summed E-state index contributed by atoms with van der Waals surface area (Å²) in [5, 5.41) is 12.0. The summed E-state index contributed by atoms with van der Waals surface area (Å²) >= 11 is 12.1. The van der Waals surface area contributed by atoms with Crippen LogP contribution in [0.1, 0.15) is 5.56 Å². The van der Waals surface area contributed by atoms with Gasteiger partial charge in [0.25, 0.3) is 0 Å². The Labute approximate surface area is 145 Å². The van der Waals surface area contributed by atoms with E-state index in [2.05, 4.69) is 5.32 Å². The molecule has 2 aromatic rings. The van der Waals surface area contributed by atoms with Crippen molar-refractivity contribution in [1.29, 1.82) is 5.41 Å². The first-order valence-corrected chi connectivity index (χ1v) is 7.50. The molecule has 2 N–H and O–H groups in total. The van der Waals surface area contributed by atoms with Crippen molar-refractivity contribution in [3.63, 3.8) is 0 Å². The Hall–Kier alpha value is -2.17. The molecule has 6 heteroatoms. The van der Waals surface area contributed by atoms with E-state index in [9.17, 15) is 0 Å². The Morgan fingerprint density at radius 2 is 1.74 bits per heavy atom. The van der Waals surface area contributed by atoms with Crippen molar-refractivity contribution in [3.8, 4) is 11.5 Å². The fourth-order valence-electron chi connectivity index (χ4n) is 1.94. The standard InChI is InChI=1S/C17H16Cl2N2O2/c1-22-14-9-3-11(16(19)17(14)23-2)4-10-15(20)21-13-7-5-12(18)6-8-13/h3-10H,1-2H3,(H2,20,21)/b10-4+. The normalized spacial score (nSPS) is 10.6. The molecule has 120 valence electrons. The third-order valence-electron chi connectivity index (χ3n) is 3.07. The van der Waals surface area contributed by atoms with Gasteiger partial charge >= 0.3 is 0 Å². The Kier molecular flexibility index (Phi) is 5.90. The van der Waals surface area contributed by atoms with Gasteiger partial charge in [-0.15, -0.1) is 0 Å². The number of hydrogen-bond acceptors (Lipinski definition) is 3. The van der Waals surface area contributed by atoms with Gasteiger partial charge in [-0.05, 0) is 54.1 Å². The van der Waals surface area contributed by atoms with Gasteiger partial charge in [0.1, 0.15) is 5.84 Å². The van der Waals surface area contributed by atoms with Gasteiger partial charge < -0.3 is 14.8 Å². The van der Waals surface area contributed by atoms with Crippen molar-refractivity contribution in [2.24, 2.45) is 0 Å². The van der Waals surface area contributed by atoms with Crippen molar-refractivity contribution in [1.82, 2.24) is 0 Å². The van der Waals surface area contributed by atoms with Crippen molar-refractivity contribution in [3.05, 3.63) is 58.1 Å². The third kappa shape index (κ3) is 4.41. The van der Waals surface area contributed by atoms with E-state index in [0.717, 1.165) is 11.3 Å². The summed E-state index contributed by atoms with van der Waals surface area (Å²) in [4.78, 5) is 0. The van der Waals surface area contributed by atoms with Crippen LogP contribution in [0.15, 0.2) is 42.5 Å². The van der Waals surface area contributed by atoms with Gasteiger partial charge in [-0.1, -0.05) is 23.2 Å². The van der Waals surface area contributed by atoms with Crippen LogP contribution < -0.4 is 14.8 Å². The lowest BCUT2D eigenvalue weighted by atomic mass is 10.1. The van der Waals surface area contributed by atoms with Crippen LogP contribution in [-0.4, -0.2) is 20.1 Å². The Balaban J connectivity index is 2.13. The molecule has 0 radical (unpaired) electrons. The largest absolute Gasteiger partial charge is 0.493 e. The smallest absolute Gasteiger partial charge is 0.179 e. The molecular formula is C17H16Cl2N2O2. The monoisotopic (exact) mass is 350 g/mol. The van der Waals surface area contributed by atoms with E-state index in [-0.39, 0.29) is 5.84 Å². The predicted octanol–water partition coefficient (Wildman–Crippen LogP) is 5.11. The molecule has 0 spiro atoms. The first kappa shape index (κ1) is 17.2. The molecule has 2 aromatic carbocycles. The zero-order valence-corrected chi connectivity index (χ0v) is 14.2. The number of amidine groups is 1. The summed E-state index contributed by atoms with van der Waals surface area (Å²) in [7, 11) is 3.08. The molecule has 0 aliphatic heterocycles. The van der Waals surface area contributed by atoms with Gasteiger partial charge in [0.05, 0.1) is 19.2 Å². The van der Waals surface area contributed by atoms with Gasteiger partial charge in [0.15, 0.2) is 11.5 Å². The maximum absolute atomic E-state index is 7.95. The summed E-state index contributed by atoms with van der Waals surface area (Å²) in [6.45, 7) is 0. The molecule has 0 bridgehead atoms. The molecular weight excluding hydrogens is 335 g/mol. The zero-order valence-electron chi connectivity index (χ0n) is 12.7. The van der Waals surface area contributed by atoms with Gasteiger partial charge in [-0.2, -0.15) is 0 Å². The Bertz CT molecular complexity index is 728. The lowest BCUT2D eigenvalue weighted by Crippen LogP contribution is -2.06. The van der Waals surface area contributed by atoms with Crippen molar-refractivity contribution < 1.29 is 9.47 Å². The average molecular weight is 351 g/mol. The first-order chi connectivity index (χ1) is 11.0. The van der Waals surface area contributed by atoms with Crippen LogP contribution in [0.25, 0.3) is 6.08 Å². The molecule has 0 aliphatic rings. The minimum absolute atomic E-state index is 0.221. The molecule has 4 nitrogen and oxygen atoms in total. The van der Waals surface area contributed by atoms with E-state index in [1.165, 1.54) is 7.11 Å². The van der Waals surface area contributed by atoms with Crippen LogP contribution in [-0.2, 0) is 0 Å². The maximum Gasteiger partial charge on any atom is 0.179 e. The number of hydrogen-bond donors (Lipinski definition) is 2. The molecule has 0 fully saturated rings. The van der Waals surface area contributed by atoms with Crippen LogP contribution in [0.5, 0.6) is 11.5 Å². The molecule has 0 unspecified atom stereocenters. The number of rotatable bonds is 5. The summed E-state index contributed by atoms with van der Waals surface area (Å²) in [6, 6.07) is 10.7. The molecule has 23 heavy (non-hydrogen) atoms. The highest BCUT2D eigenvalue weighted by Crippen LogP contribution is 2.37. The summed E-state index contributed by atoms with van der Waals surface area (Å²) < 4.78 is 10.4. The second-order valence-corrected chi connectivity index (χ2v) is 5.40. The average Bonchev–Trinajstić information content (AvgIpc) is 2.55. The van der Waals surface area contributed by atoms with E-state index in [1.807, 2.05) is 0 Å². The fraction of sp³-hybridized carbons (Fsp3) is 0.118. The maximum atomic E-state index is 7.95. The molecule has 0 aliphatic carbocycles. The van der Waals surface area contributed by atoms with Gasteiger partial charge in [-0.3, -0.25) is 5.41 Å². The van der Waals surface area contributed by atoms with Crippen molar-refractivity contribution in [2.45, 2.75) is 0 Å². The van der Waals surface area contributed by atoms with Gasteiger partial charge in [0, 0.05) is 10.7 Å². The predicted molar refractivity (Wildman–Crippen MR) is 96.4 cm³/mol. The summed E-state index contributed by atoms with van der Waals surface area (Å²) in [5.41, 5.74) is 1.51. The number of anilines is 1. The summed E-state index contributed by atoms with van der Waals surface area (Å²) in [6.07, 6.45) is 3.34. The second kappa shape index (κ2) is 7.90. The Morgan fingerprint density at radius 3 is 2.35 bits per heavy atom. The number of ether oxygens (including phenoxy) is 2. The van der Waals surface area contributed by atoms with E-state index < -0.39 is 0 Å². The lowest BCUT2D eigenvalue weighted by Gasteiger charge is -2.11. The molecule has 0 aromatic heterocycles.